The zero-order valence-electron chi connectivity index (χ0n) is 20.6. The molecule has 0 saturated carbocycles. The van der Waals surface area contributed by atoms with Crippen molar-refractivity contribution in [1.82, 2.24) is 29.6 Å². The van der Waals surface area contributed by atoms with Crippen molar-refractivity contribution >= 4 is 46.6 Å². The van der Waals surface area contributed by atoms with Crippen LogP contribution >= 0.6 is 34.7 Å². The van der Waals surface area contributed by atoms with Crippen molar-refractivity contribution in [3.05, 3.63) is 69.9 Å². The highest BCUT2D eigenvalue weighted by atomic mass is 35.5. The number of rotatable bonds is 8. The minimum absolute atomic E-state index is 0.161. The summed E-state index contributed by atoms with van der Waals surface area (Å²) in [6.07, 6.45) is 4.91. The highest BCUT2D eigenvalue weighted by molar-refractivity contribution is 7.98. The van der Waals surface area contributed by atoms with Crippen LogP contribution in [0.5, 0.6) is 0 Å². The summed E-state index contributed by atoms with van der Waals surface area (Å²) in [7, 11) is 0. The number of piperidine rings is 1. The van der Waals surface area contributed by atoms with Gasteiger partial charge in [-0.2, -0.15) is 0 Å². The molecule has 0 aliphatic carbocycles. The number of hydrogen-bond donors (Lipinski definition) is 0. The summed E-state index contributed by atoms with van der Waals surface area (Å²) >= 11 is 9.43. The number of ether oxygens (including phenoxy) is 1. The smallest absolute Gasteiger partial charge is 0.310 e. The molecule has 4 heterocycles. The third-order valence-corrected chi connectivity index (χ3v) is 8.38. The summed E-state index contributed by atoms with van der Waals surface area (Å²) in [6.45, 7) is 3.09. The van der Waals surface area contributed by atoms with Crippen LogP contribution in [-0.4, -0.2) is 61.2 Å². The van der Waals surface area contributed by atoms with Gasteiger partial charge >= 0.3 is 5.97 Å². The fraction of sp³-hybridized carbons (Fsp3) is 0.308. The van der Waals surface area contributed by atoms with Gasteiger partial charge in [0, 0.05) is 36.4 Å². The van der Waals surface area contributed by atoms with Gasteiger partial charge in [-0.15, -0.1) is 21.5 Å². The molecule has 0 spiro atoms. The maximum Gasteiger partial charge on any atom is 0.310 e. The number of thioether (sulfide) groups is 1. The summed E-state index contributed by atoms with van der Waals surface area (Å²) in [6, 6.07) is 11.3. The van der Waals surface area contributed by atoms with Gasteiger partial charge in [0.15, 0.2) is 11.0 Å². The lowest BCUT2D eigenvalue weighted by Gasteiger charge is -2.31. The normalized spacial score (nSPS) is 15.4. The van der Waals surface area contributed by atoms with Crippen molar-refractivity contribution in [2.24, 2.45) is 5.92 Å². The lowest BCUT2D eigenvalue weighted by atomic mass is 9.98. The molecule has 1 atom stereocenters. The SMILES string of the molecule is CCOC(=O)C1CCCN(C(=O)c2csc(CSc3nnc(-c4ccncc4)n3-c3ccccc3Cl)n2)C1. The van der Waals surface area contributed by atoms with Gasteiger partial charge in [0.2, 0.25) is 0 Å². The second kappa shape index (κ2) is 12.1. The summed E-state index contributed by atoms with van der Waals surface area (Å²) < 4.78 is 7.08. The number of aromatic nitrogens is 5. The fourth-order valence-corrected chi connectivity index (χ4v) is 6.23. The third-order valence-electron chi connectivity index (χ3n) is 6.09. The van der Waals surface area contributed by atoms with Crippen molar-refractivity contribution in [3.8, 4) is 17.1 Å². The molecule has 1 fully saturated rings. The van der Waals surface area contributed by atoms with Crippen LogP contribution in [0.3, 0.4) is 0 Å². The van der Waals surface area contributed by atoms with Gasteiger partial charge in [-0.3, -0.25) is 19.1 Å². The van der Waals surface area contributed by atoms with Crippen molar-refractivity contribution in [1.29, 1.82) is 0 Å². The van der Waals surface area contributed by atoms with Crippen molar-refractivity contribution in [3.63, 3.8) is 0 Å². The van der Waals surface area contributed by atoms with E-state index in [0.29, 0.717) is 47.1 Å². The maximum atomic E-state index is 13.1. The molecule has 1 aromatic carbocycles. The number of carbonyl (C=O) groups is 2. The molecule has 1 aliphatic rings. The molecular weight excluding hydrogens is 544 g/mol. The first-order valence-corrected chi connectivity index (χ1v) is 14.4. The van der Waals surface area contributed by atoms with E-state index in [9.17, 15) is 9.59 Å². The molecule has 1 amide bonds. The minimum Gasteiger partial charge on any atom is -0.466 e. The number of esters is 1. The van der Waals surface area contributed by atoms with Gasteiger partial charge in [0.05, 0.1) is 29.0 Å². The molecule has 1 aliphatic heterocycles. The van der Waals surface area contributed by atoms with E-state index in [1.807, 2.05) is 41.0 Å². The lowest BCUT2D eigenvalue weighted by Crippen LogP contribution is -2.43. The van der Waals surface area contributed by atoms with E-state index < -0.39 is 0 Å². The standard InChI is InChI=1S/C26H25ClN6O3S2/c1-2-36-25(35)18-6-5-13-32(14-18)24(34)20-15-37-22(29-20)16-38-26-31-30-23(17-9-11-28-12-10-17)33(26)21-8-4-3-7-19(21)27/h3-4,7-12,15,18H,2,5-6,13-14,16H2,1H3. The Bertz CT molecular complexity index is 1430. The molecule has 1 unspecified atom stereocenters. The Hall–Kier alpha value is -3.28. The summed E-state index contributed by atoms with van der Waals surface area (Å²) in [5, 5.41) is 12.7. The first-order valence-electron chi connectivity index (χ1n) is 12.2. The van der Waals surface area contributed by atoms with E-state index in [1.165, 1.54) is 23.1 Å². The molecule has 196 valence electrons. The molecule has 1 saturated heterocycles. The highest BCUT2D eigenvalue weighted by Gasteiger charge is 2.30. The first kappa shape index (κ1) is 26.3. The fourth-order valence-electron chi connectivity index (χ4n) is 4.28. The van der Waals surface area contributed by atoms with E-state index in [4.69, 9.17) is 16.3 Å². The van der Waals surface area contributed by atoms with Crippen LogP contribution in [0.15, 0.2) is 59.3 Å². The van der Waals surface area contributed by atoms with Gasteiger partial charge < -0.3 is 9.64 Å². The van der Waals surface area contributed by atoms with E-state index in [0.717, 1.165) is 29.1 Å². The Morgan fingerprint density at radius 1 is 1.18 bits per heavy atom. The van der Waals surface area contributed by atoms with Crippen LogP contribution < -0.4 is 0 Å². The van der Waals surface area contributed by atoms with E-state index in [1.54, 1.807) is 29.6 Å². The Labute approximate surface area is 233 Å². The molecule has 5 rings (SSSR count). The third kappa shape index (κ3) is 5.74. The molecular formula is C26H25ClN6O3S2. The number of halogens is 1. The largest absolute Gasteiger partial charge is 0.466 e. The average molecular weight is 569 g/mol. The van der Waals surface area contributed by atoms with Crippen molar-refractivity contribution < 1.29 is 14.3 Å². The number of hydrogen-bond acceptors (Lipinski definition) is 9. The van der Waals surface area contributed by atoms with Gasteiger partial charge in [-0.25, -0.2) is 4.98 Å². The monoisotopic (exact) mass is 568 g/mol. The molecule has 3 aromatic heterocycles. The average Bonchev–Trinajstić information content (AvgIpc) is 3.60. The Morgan fingerprint density at radius 2 is 2.00 bits per heavy atom. The Kier molecular flexibility index (Phi) is 8.35. The van der Waals surface area contributed by atoms with Gasteiger partial charge in [0.1, 0.15) is 10.7 Å². The zero-order valence-corrected chi connectivity index (χ0v) is 23.0. The van der Waals surface area contributed by atoms with Crippen LogP contribution in [0.1, 0.15) is 35.3 Å². The quantitative estimate of drug-likeness (QED) is 0.212. The van der Waals surface area contributed by atoms with E-state index in [-0.39, 0.29) is 17.8 Å². The molecule has 12 heteroatoms. The summed E-state index contributed by atoms with van der Waals surface area (Å²) in [4.78, 5) is 35.7. The Morgan fingerprint density at radius 3 is 2.79 bits per heavy atom. The number of nitrogens with zero attached hydrogens (tertiary/aromatic N) is 6. The predicted molar refractivity (Wildman–Crippen MR) is 147 cm³/mol. The second-order valence-electron chi connectivity index (χ2n) is 8.59. The topological polar surface area (TPSA) is 103 Å². The van der Waals surface area contributed by atoms with Crippen molar-refractivity contribution in [2.45, 2.75) is 30.7 Å². The van der Waals surface area contributed by atoms with Gasteiger partial charge in [0.25, 0.3) is 5.91 Å². The highest BCUT2D eigenvalue weighted by Crippen LogP contribution is 2.33. The molecule has 9 nitrogen and oxygen atoms in total. The molecule has 0 N–H and O–H groups in total. The van der Waals surface area contributed by atoms with Crippen LogP contribution in [0.25, 0.3) is 17.1 Å². The maximum absolute atomic E-state index is 13.1. The van der Waals surface area contributed by atoms with Gasteiger partial charge in [-0.05, 0) is 44.0 Å². The lowest BCUT2D eigenvalue weighted by molar-refractivity contribution is -0.149. The number of carbonyl (C=O) groups excluding carboxylic acids is 2. The molecule has 38 heavy (non-hydrogen) atoms. The summed E-state index contributed by atoms with van der Waals surface area (Å²) in [5.74, 6) is 0.466. The summed E-state index contributed by atoms with van der Waals surface area (Å²) in [5.41, 5.74) is 2.02. The van der Waals surface area contributed by atoms with Crippen molar-refractivity contribution in [2.75, 3.05) is 19.7 Å². The zero-order chi connectivity index (χ0) is 26.5. The number of benzene rings is 1. The molecule has 0 radical (unpaired) electrons. The van der Waals surface area contributed by atoms with Crippen LogP contribution in [0, 0.1) is 5.92 Å². The van der Waals surface area contributed by atoms with E-state index in [2.05, 4.69) is 20.2 Å². The first-order chi connectivity index (χ1) is 18.5. The second-order valence-corrected chi connectivity index (χ2v) is 10.9. The van der Waals surface area contributed by atoms with Crippen LogP contribution in [-0.2, 0) is 15.3 Å². The Balaban J connectivity index is 1.32. The van der Waals surface area contributed by atoms with Crippen LogP contribution in [0.2, 0.25) is 5.02 Å². The number of likely N-dealkylation sites (tertiary alicyclic amines) is 1. The predicted octanol–water partition coefficient (Wildman–Crippen LogP) is 5.15. The number of pyridine rings is 1. The number of para-hydroxylation sites is 1. The van der Waals surface area contributed by atoms with E-state index >= 15 is 0 Å². The number of amides is 1. The molecule has 4 aromatic rings. The number of thiazole rings is 1. The molecule has 0 bridgehead atoms. The van der Waals surface area contributed by atoms with Crippen LogP contribution in [0.4, 0.5) is 0 Å². The minimum atomic E-state index is -0.285. The van der Waals surface area contributed by atoms with Gasteiger partial charge in [-0.1, -0.05) is 35.5 Å².